The third-order valence-corrected chi connectivity index (χ3v) is 3.67. The van der Waals surface area contributed by atoms with E-state index in [1.54, 1.807) is 31.2 Å². The van der Waals surface area contributed by atoms with Crippen molar-refractivity contribution in [2.24, 2.45) is 0 Å². The molecule has 0 unspecified atom stereocenters. The SMILES string of the molecule is Cc1c(CNC(=O)c2cccs2)cccc1[N+](=O)[O-]. The van der Waals surface area contributed by atoms with E-state index < -0.39 is 4.92 Å². The number of nitrogens with zero attached hydrogens (tertiary/aromatic N) is 1. The lowest BCUT2D eigenvalue weighted by atomic mass is 10.1. The van der Waals surface area contributed by atoms with Crippen molar-refractivity contribution in [1.82, 2.24) is 5.32 Å². The second kappa shape index (κ2) is 5.62. The first-order chi connectivity index (χ1) is 9.09. The van der Waals surface area contributed by atoms with Crippen molar-refractivity contribution in [2.75, 3.05) is 0 Å². The Morgan fingerprint density at radius 1 is 1.37 bits per heavy atom. The van der Waals surface area contributed by atoms with Crippen molar-refractivity contribution in [1.29, 1.82) is 0 Å². The predicted molar refractivity (Wildman–Crippen MR) is 73.3 cm³/mol. The molecule has 1 heterocycles. The Kier molecular flexibility index (Phi) is 3.91. The van der Waals surface area contributed by atoms with Gasteiger partial charge >= 0.3 is 0 Å². The Balaban J connectivity index is 2.10. The molecule has 0 atom stereocenters. The van der Waals surface area contributed by atoms with Gasteiger partial charge in [0.05, 0.1) is 9.80 Å². The Hall–Kier alpha value is -2.21. The van der Waals surface area contributed by atoms with Gasteiger partial charge in [-0.25, -0.2) is 0 Å². The lowest BCUT2D eigenvalue weighted by Gasteiger charge is -2.07. The number of carbonyl (C=O) groups excluding carboxylic acids is 1. The van der Waals surface area contributed by atoms with Crippen LogP contribution >= 0.6 is 11.3 Å². The lowest BCUT2D eigenvalue weighted by molar-refractivity contribution is -0.385. The standard InChI is InChI=1S/C13H12N2O3S/c1-9-10(4-2-5-11(9)15(17)18)8-14-13(16)12-6-3-7-19-12/h2-7H,8H2,1H3,(H,14,16). The molecule has 0 fully saturated rings. The lowest BCUT2D eigenvalue weighted by Crippen LogP contribution is -2.22. The normalized spacial score (nSPS) is 10.2. The van der Waals surface area contributed by atoms with Crippen molar-refractivity contribution >= 4 is 22.9 Å². The predicted octanol–water partition coefficient (Wildman–Crippen LogP) is 2.89. The molecule has 0 aliphatic rings. The van der Waals surface area contributed by atoms with Gasteiger partial charge in [-0.3, -0.25) is 14.9 Å². The summed E-state index contributed by atoms with van der Waals surface area (Å²) < 4.78 is 0. The zero-order valence-electron chi connectivity index (χ0n) is 10.3. The van der Waals surface area contributed by atoms with Crippen LogP contribution < -0.4 is 5.32 Å². The van der Waals surface area contributed by atoms with Crippen molar-refractivity contribution in [3.63, 3.8) is 0 Å². The molecular formula is C13H12N2O3S. The summed E-state index contributed by atoms with van der Waals surface area (Å²) in [5.74, 6) is -0.166. The molecule has 1 amide bonds. The Labute approximate surface area is 114 Å². The molecule has 1 aromatic heterocycles. The molecule has 5 nitrogen and oxygen atoms in total. The summed E-state index contributed by atoms with van der Waals surface area (Å²) >= 11 is 1.36. The summed E-state index contributed by atoms with van der Waals surface area (Å²) in [6.45, 7) is 1.97. The number of thiophene rings is 1. The molecule has 0 radical (unpaired) electrons. The van der Waals surface area contributed by atoms with Crippen LogP contribution in [0.4, 0.5) is 5.69 Å². The highest BCUT2D eigenvalue weighted by atomic mass is 32.1. The molecule has 19 heavy (non-hydrogen) atoms. The highest BCUT2D eigenvalue weighted by molar-refractivity contribution is 7.12. The smallest absolute Gasteiger partial charge is 0.272 e. The third-order valence-electron chi connectivity index (χ3n) is 2.80. The highest BCUT2D eigenvalue weighted by Crippen LogP contribution is 2.21. The molecule has 1 aromatic carbocycles. The van der Waals surface area contributed by atoms with E-state index in [0.29, 0.717) is 10.4 Å². The Bertz CT molecular complexity index is 608. The maximum absolute atomic E-state index is 11.8. The van der Waals surface area contributed by atoms with Gasteiger partial charge in [-0.1, -0.05) is 18.2 Å². The maximum atomic E-state index is 11.8. The van der Waals surface area contributed by atoms with E-state index in [0.717, 1.165) is 5.56 Å². The van der Waals surface area contributed by atoms with Gasteiger partial charge in [-0.05, 0) is 23.9 Å². The minimum atomic E-state index is -0.417. The van der Waals surface area contributed by atoms with Gasteiger partial charge in [0.2, 0.25) is 0 Å². The van der Waals surface area contributed by atoms with Crippen LogP contribution in [0, 0.1) is 17.0 Å². The van der Waals surface area contributed by atoms with Gasteiger partial charge < -0.3 is 5.32 Å². The van der Waals surface area contributed by atoms with Crippen LogP contribution in [-0.4, -0.2) is 10.8 Å². The average Bonchev–Trinajstić information content (AvgIpc) is 2.90. The number of nitrogens with one attached hydrogen (secondary N) is 1. The van der Waals surface area contributed by atoms with Crippen LogP contribution in [0.1, 0.15) is 20.8 Å². The van der Waals surface area contributed by atoms with Crippen LogP contribution in [-0.2, 0) is 6.54 Å². The molecule has 0 aliphatic heterocycles. The topological polar surface area (TPSA) is 72.2 Å². The van der Waals surface area contributed by atoms with Gasteiger partial charge in [0.15, 0.2) is 0 Å². The molecule has 0 bridgehead atoms. The summed E-state index contributed by atoms with van der Waals surface area (Å²) in [4.78, 5) is 22.8. The summed E-state index contributed by atoms with van der Waals surface area (Å²) in [5.41, 5.74) is 1.40. The Morgan fingerprint density at radius 3 is 2.79 bits per heavy atom. The number of nitro benzene ring substituents is 1. The number of carbonyl (C=O) groups is 1. The maximum Gasteiger partial charge on any atom is 0.272 e. The van der Waals surface area contributed by atoms with Gasteiger partial charge in [-0.15, -0.1) is 11.3 Å². The molecule has 0 spiro atoms. The largest absolute Gasteiger partial charge is 0.347 e. The summed E-state index contributed by atoms with van der Waals surface area (Å²) in [5, 5.41) is 15.4. The average molecular weight is 276 g/mol. The van der Waals surface area contributed by atoms with Gasteiger partial charge in [0.1, 0.15) is 0 Å². The first kappa shape index (κ1) is 13.2. The zero-order chi connectivity index (χ0) is 13.8. The number of benzene rings is 1. The number of rotatable bonds is 4. The van der Waals surface area contributed by atoms with Crippen molar-refractivity contribution in [3.8, 4) is 0 Å². The van der Waals surface area contributed by atoms with Crippen LogP contribution in [0.5, 0.6) is 0 Å². The molecule has 6 heteroatoms. The molecule has 2 aromatic rings. The van der Waals surface area contributed by atoms with Crippen LogP contribution in [0.15, 0.2) is 35.7 Å². The minimum Gasteiger partial charge on any atom is -0.347 e. The molecule has 2 rings (SSSR count). The number of hydrogen-bond acceptors (Lipinski definition) is 4. The fourth-order valence-corrected chi connectivity index (χ4v) is 2.37. The van der Waals surface area contributed by atoms with E-state index in [-0.39, 0.29) is 18.1 Å². The first-order valence-electron chi connectivity index (χ1n) is 5.64. The van der Waals surface area contributed by atoms with Crippen LogP contribution in [0.3, 0.4) is 0 Å². The number of hydrogen-bond donors (Lipinski definition) is 1. The fraction of sp³-hybridized carbons (Fsp3) is 0.154. The highest BCUT2D eigenvalue weighted by Gasteiger charge is 2.14. The Morgan fingerprint density at radius 2 is 2.16 bits per heavy atom. The van der Waals surface area contributed by atoms with Crippen LogP contribution in [0.25, 0.3) is 0 Å². The van der Waals surface area contributed by atoms with E-state index >= 15 is 0 Å². The molecule has 0 aliphatic carbocycles. The molecule has 1 N–H and O–H groups in total. The van der Waals surface area contributed by atoms with Gasteiger partial charge in [-0.2, -0.15) is 0 Å². The molecule has 0 saturated heterocycles. The summed E-state index contributed by atoms with van der Waals surface area (Å²) in [6.07, 6.45) is 0. The minimum absolute atomic E-state index is 0.0721. The summed E-state index contributed by atoms with van der Waals surface area (Å²) in [7, 11) is 0. The van der Waals surface area contributed by atoms with E-state index in [1.165, 1.54) is 17.4 Å². The summed E-state index contributed by atoms with van der Waals surface area (Å²) in [6, 6.07) is 8.40. The van der Waals surface area contributed by atoms with E-state index in [2.05, 4.69) is 5.32 Å². The first-order valence-corrected chi connectivity index (χ1v) is 6.52. The van der Waals surface area contributed by atoms with Gasteiger partial charge in [0.25, 0.3) is 11.6 Å². The van der Waals surface area contributed by atoms with Crippen molar-refractivity contribution in [2.45, 2.75) is 13.5 Å². The number of nitro groups is 1. The second-order valence-corrected chi connectivity index (χ2v) is 4.93. The quantitative estimate of drug-likeness (QED) is 0.689. The fourth-order valence-electron chi connectivity index (χ4n) is 1.73. The monoisotopic (exact) mass is 276 g/mol. The second-order valence-electron chi connectivity index (χ2n) is 3.98. The van der Waals surface area contributed by atoms with Gasteiger partial charge in [0, 0.05) is 18.2 Å². The van der Waals surface area contributed by atoms with E-state index in [9.17, 15) is 14.9 Å². The van der Waals surface area contributed by atoms with Crippen LogP contribution in [0.2, 0.25) is 0 Å². The zero-order valence-corrected chi connectivity index (χ0v) is 11.1. The third kappa shape index (κ3) is 2.97. The molecular weight excluding hydrogens is 264 g/mol. The van der Waals surface area contributed by atoms with E-state index in [4.69, 9.17) is 0 Å². The molecule has 0 saturated carbocycles. The molecule has 98 valence electrons. The van der Waals surface area contributed by atoms with Crippen molar-refractivity contribution in [3.05, 3.63) is 61.8 Å². The van der Waals surface area contributed by atoms with E-state index in [1.807, 2.05) is 5.38 Å². The number of amides is 1. The van der Waals surface area contributed by atoms with Crippen molar-refractivity contribution < 1.29 is 9.72 Å².